The molecule has 2 aromatic heterocycles. The van der Waals surface area contributed by atoms with Crippen molar-refractivity contribution in [1.29, 1.82) is 0 Å². The van der Waals surface area contributed by atoms with Gasteiger partial charge in [0.2, 0.25) is 0 Å². The lowest BCUT2D eigenvalue weighted by molar-refractivity contribution is 0.487. The molecule has 4 heterocycles. The molecule has 5 heteroatoms. The highest BCUT2D eigenvalue weighted by molar-refractivity contribution is 6.99. The van der Waals surface area contributed by atoms with Gasteiger partial charge < -0.3 is 18.8 Å². The lowest BCUT2D eigenvalue weighted by Gasteiger charge is -2.42. The first kappa shape index (κ1) is 51.1. The average molecular weight is 1140 g/mol. The van der Waals surface area contributed by atoms with Crippen molar-refractivity contribution < 1.29 is 4.74 Å². The molecule has 4 nitrogen and oxygen atoms in total. The molecule has 2 aliphatic heterocycles. The van der Waals surface area contributed by atoms with Crippen LogP contribution >= 0.6 is 0 Å². The molecule has 89 heavy (non-hydrogen) atoms. The highest BCUT2D eigenvalue weighted by atomic mass is 16.5. The SMILES string of the molecule is CC(C)(C)c1cc(-c2ccccc2)c(N2c3cc(-c4c5ccccc5c(-c5ccccc5)c5ccccc45)ccc3B3c4ccc(-n5c6ccccc6c6ccccc65)cc4Oc4cc(-n5c6ccccc6c6ccccc65)cc2c43)c(-c2ccccc2)c1. The Morgan fingerprint density at radius 3 is 1.20 bits per heavy atom. The van der Waals surface area contributed by atoms with Gasteiger partial charge in [0.1, 0.15) is 11.5 Å². The first-order chi connectivity index (χ1) is 43.8. The molecule has 0 bridgehead atoms. The number of ether oxygens (including phenoxy) is 1. The van der Waals surface area contributed by atoms with Crippen LogP contribution in [-0.4, -0.2) is 15.8 Å². The van der Waals surface area contributed by atoms with Crippen LogP contribution in [0.1, 0.15) is 26.3 Å². The van der Waals surface area contributed by atoms with E-state index in [2.05, 4.69) is 332 Å². The molecular weight excluding hydrogens is 1080 g/mol. The molecule has 0 saturated carbocycles. The van der Waals surface area contributed by atoms with Gasteiger partial charge in [-0.15, -0.1) is 0 Å². The van der Waals surface area contributed by atoms with E-state index in [1.54, 1.807) is 0 Å². The molecule has 418 valence electrons. The number of anilines is 3. The van der Waals surface area contributed by atoms with Crippen molar-refractivity contribution in [3.8, 4) is 67.4 Å². The average Bonchev–Trinajstić information content (AvgIpc) is 0.799. The molecule has 0 fully saturated rings. The van der Waals surface area contributed by atoms with Crippen LogP contribution in [-0.2, 0) is 5.41 Å². The normalized spacial score (nSPS) is 12.7. The van der Waals surface area contributed by atoms with E-state index in [0.29, 0.717) is 0 Å². The number of benzene rings is 14. The summed E-state index contributed by atoms with van der Waals surface area (Å²) in [4.78, 5) is 2.65. The zero-order valence-electron chi connectivity index (χ0n) is 49.6. The minimum atomic E-state index is -0.216. The van der Waals surface area contributed by atoms with Crippen LogP contribution in [0.25, 0.3) is 121 Å². The summed E-state index contributed by atoms with van der Waals surface area (Å²) < 4.78 is 12.6. The van der Waals surface area contributed by atoms with Crippen LogP contribution in [0.3, 0.4) is 0 Å². The molecule has 18 rings (SSSR count). The number of hydrogen-bond acceptors (Lipinski definition) is 2. The maximum Gasteiger partial charge on any atom is 0.256 e. The summed E-state index contributed by atoms with van der Waals surface area (Å²) >= 11 is 0. The number of para-hydroxylation sites is 4. The summed E-state index contributed by atoms with van der Waals surface area (Å²) in [5, 5.41) is 9.72. The van der Waals surface area contributed by atoms with Gasteiger partial charge in [0.25, 0.3) is 6.71 Å². The van der Waals surface area contributed by atoms with Crippen molar-refractivity contribution in [2.24, 2.45) is 0 Å². The monoisotopic (exact) mass is 1140 g/mol. The Bertz CT molecular complexity index is 5360. The van der Waals surface area contributed by atoms with Crippen molar-refractivity contribution >= 4 is 105 Å². The third-order valence-corrected chi connectivity index (χ3v) is 19.1. The van der Waals surface area contributed by atoms with Crippen molar-refractivity contribution in [1.82, 2.24) is 9.13 Å². The maximum atomic E-state index is 7.73. The molecule has 0 spiro atoms. The highest BCUT2D eigenvalue weighted by Gasteiger charge is 2.44. The zero-order chi connectivity index (χ0) is 59.1. The first-order valence-corrected chi connectivity index (χ1v) is 31.0. The van der Waals surface area contributed by atoms with E-state index in [1.807, 2.05) is 0 Å². The topological polar surface area (TPSA) is 22.3 Å². The quantitative estimate of drug-likeness (QED) is 0.117. The fourth-order valence-electron chi connectivity index (χ4n) is 15.1. The van der Waals surface area contributed by atoms with Crippen LogP contribution in [0.2, 0.25) is 0 Å². The Hall–Kier alpha value is -11.1. The molecule has 0 unspecified atom stereocenters. The molecule has 0 N–H and O–H groups in total. The van der Waals surface area contributed by atoms with Gasteiger partial charge in [0.15, 0.2) is 0 Å². The van der Waals surface area contributed by atoms with E-state index in [0.717, 1.165) is 101 Å². The Kier molecular flexibility index (Phi) is 11.3. The predicted octanol–water partition coefficient (Wildman–Crippen LogP) is 20.6. The standard InChI is InChI=1S/C84H58BN3O/c1-84(2,3)57-48-68(53-25-7-4-8-26-53)83(69(49-57)54-27-9-5-10-28-54)88-76-47-56(81-66-37-15-13-35-64(66)80(55-29-11-6-12-30-55)65-36-14-16-38-67(65)81)43-45-70(76)85-71-46-44-58(86-72-39-21-17-31-60(72)61-32-18-22-40-73(61)86)51-78(71)89-79-52-59(50-77(88)82(79)85)87-74-41-23-19-33-62(74)63-34-20-24-42-75(63)87/h4-52H,1-3H3. The molecule has 0 amide bonds. The summed E-state index contributed by atoms with van der Waals surface area (Å²) in [7, 11) is 0. The third kappa shape index (κ3) is 7.81. The minimum Gasteiger partial charge on any atom is -0.458 e. The van der Waals surface area contributed by atoms with Gasteiger partial charge in [-0.05, 0) is 137 Å². The molecule has 0 atom stereocenters. The van der Waals surface area contributed by atoms with E-state index in [4.69, 9.17) is 4.74 Å². The number of nitrogens with zero attached hydrogens (tertiary/aromatic N) is 3. The fourth-order valence-corrected chi connectivity index (χ4v) is 15.1. The van der Waals surface area contributed by atoms with Crippen LogP contribution in [0.15, 0.2) is 297 Å². The molecule has 16 aromatic rings. The van der Waals surface area contributed by atoms with Gasteiger partial charge in [-0.25, -0.2) is 0 Å². The van der Waals surface area contributed by atoms with Gasteiger partial charge in [0.05, 0.1) is 33.4 Å². The number of aromatic nitrogens is 2. The second-order valence-electron chi connectivity index (χ2n) is 25.1. The number of fused-ring (bicyclic) bond motifs is 12. The minimum absolute atomic E-state index is 0.178. The molecule has 14 aromatic carbocycles. The van der Waals surface area contributed by atoms with E-state index >= 15 is 0 Å². The van der Waals surface area contributed by atoms with Crippen LogP contribution in [0.4, 0.5) is 17.1 Å². The van der Waals surface area contributed by atoms with Gasteiger partial charge in [-0.3, -0.25) is 0 Å². The van der Waals surface area contributed by atoms with E-state index in [9.17, 15) is 0 Å². The van der Waals surface area contributed by atoms with Gasteiger partial charge >= 0.3 is 0 Å². The lowest BCUT2D eigenvalue weighted by atomic mass is 9.34. The zero-order valence-corrected chi connectivity index (χ0v) is 49.6. The summed E-state index contributed by atoms with van der Waals surface area (Å²) in [6.45, 7) is 6.79. The Morgan fingerprint density at radius 2 is 0.719 bits per heavy atom. The second-order valence-corrected chi connectivity index (χ2v) is 25.1. The Morgan fingerprint density at radius 1 is 0.315 bits per heavy atom. The van der Waals surface area contributed by atoms with Crippen LogP contribution in [0, 0.1) is 0 Å². The summed E-state index contributed by atoms with van der Waals surface area (Å²) in [5.41, 5.74) is 23.9. The molecule has 0 saturated heterocycles. The van der Waals surface area contributed by atoms with E-state index < -0.39 is 0 Å². The Balaban J connectivity index is 0.991. The second kappa shape index (κ2) is 19.7. The number of rotatable bonds is 7. The molecule has 0 radical (unpaired) electrons. The smallest absolute Gasteiger partial charge is 0.256 e. The van der Waals surface area contributed by atoms with Gasteiger partial charge in [-0.1, -0.05) is 251 Å². The third-order valence-electron chi connectivity index (χ3n) is 19.1. The van der Waals surface area contributed by atoms with Crippen molar-refractivity contribution in [2.75, 3.05) is 4.90 Å². The van der Waals surface area contributed by atoms with Crippen LogP contribution in [0.5, 0.6) is 11.5 Å². The van der Waals surface area contributed by atoms with Gasteiger partial charge in [0, 0.05) is 61.9 Å². The van der Waals surface area contributed by atoms with E-state index in [-0.39, 0.29) is 12.1 Å². The van der Waals surface area contributed by atoms with Gasteiger partial charge in [-0.2, -0.15) is 0 Å². The van der Waals surface area contributed by atoms with Crippen LogP contribution < -0.4 is 26.0 Å². The molecule has 2 aliphatic rings. The van der Waals surface area contributed by atoms with Crippen molar-refractivity contribution in [2.45, 2.75) is 26.2 Å². The first-order valence-electron chi connectivity index (χ1n) is 31.0. The lowest BCUT2D eigenvalue weighted by Crippen LogP contribution is -2.59. The largest absolute Gasteiger partial charge is 0.458 e. The molecular formula is C84H58BN3O. The fraction of sp³-hybridized carbons (Fsp3) is 0.0476. The van der Waals surface area contributed by atoms with Crippen molar-refractivity contribution in [3.63, 3.8) is 0 Å². The molecule has 0 aliphatic carbocycles. The maximum absolute atomic E-state index is 7.73. The summed E-state index contributed by atoms with van der Waals surface area (Å²) in [5.74, 6) is 1.67. The highest BCUT2D eigenvalue weighted by Crippen LogP contribution is 2.53. The summed E-state index contributed by atoms with van der Waals surface area (Å²) in [6, 6.07) is 110. The Labute approximate surface area is 517 Å². The predicted molar refractivity (Wildman–Crippen MR) is 376 cm³/mol. The van der Waals surface area contributed by atoms with E-state index in [1.165, 1.54) is 70.8 Å². The summed E-state index contributed by atoms with van der Waals surface area (Å²) in [6.07, 6.45) is 0. The number of hydrogen-bond donors (Lipinski definition) is 0. The van der Waals surface area contributed by atoms with Crippen molar-refractivity contribution in [3.05, 3.63) is 303 Å².